The van der Waals surface area contributed by atoms with Crippen LogP contribution in [0.5, 0.6) is 11.5 Å². The summed E-state index contributed by atoms with van der Waals surface area (Å²) in [5, 5.41) is 16.7. The number of β-amino-alcohol motifs (C(OH)–C–C–N with tert-alkyl or cyclic N) is 1. The van der Waals surface area contributed by atoms with E-state index in [4.69, 9.17) is 9.47 Å². The van der Waals surface area contributed by atoms with Crippen molar-refractivity contribution in [1.29, 1.82) is 0 Å². The molecule has 2 heterocycles. The van der Waals surface area contributed by atoms with Gasteiger partial charge in [-0.2, -0.15) is 4.98 Å². The highest BCUT2D eigenvalue weighted by Crippen LogP contribution is 2.32. The Morgan fingerprint density at radius 1 is 1.26 bits per heavy atom. The van der Waals surface area contributed by atoms with Crippen LogP contribution in [0.25, 0.3) is 0 Å². The summed E-state index contributed by atoms with van der Waals surface area (Å²) in [6, 6.07) is 7.27. The second-order valence-electron chi connectivity index (χ2n) is 6.92. The molecule has 1 fully saturated rings. The molecule has 0 radical (unpaired) electrons. The molecule has 1 aromatic carbocycles. The second-order valence-corrected chi connectivity index (χ2v) is 6.92. The Kier molecular flexibility index (Phi) is 5.98. The lowest BCUT2D eigenvalue weighted by molar-refractivity contribution is -0.0310. The van der Waals surface area contributed by atoms with Gasteiger partial charge in [-0.25, -0.2) is 4.98 Å². The van der Waals surface area contributed by atoms with Crippen LogP contribution in [0.2, 0.25) is 0 Å². The van der Waals surface area contributed by atoms with Gasteiger partial charge in [0.2, 0.25) is 5.95 Å². The van der Waals surface area contributed by atoms with E-state index >= 15 is 0 Å². The largest absolute Gasteiger partial charge is 0.493 e. The van der Waals surface area contributed by atoms with Gasteiger partial charge in [0, 0.05) is 31.5 Å². The van der Waals surface area contributed by atoms with Crippen molar-refractivity contribution in [2.24, 2.45) is 0 Å². The van der Waals surface area contributed by atoms with Crippen LogP contribution in [0.1, 0.15) is 13.3 Å². The number of nitrogens with one attached hydrogen (secondary N) is 2. The van der Waals surface area contributed by atoms with Crippen molar-refractivity contribution in [3.8, 4) is 11.5 Å². The van der Waals surface area contributed by atoms with Gasteiger partial charge in [-0.05, 0) is 44.6 Å². The Morgan fingerprint density at radius 2 is 2.07 bits per heavy atom. The lowest BCUT2D eigenvalue weighted by atomic mass is 10.1. The fourth-order valence-corrected chi connectivity index (χ4v) is 2.85. The van der Waals surface area contributed by atoms with Crippen molar-refractivity contribution in [3.63, 3.8) is 0 Å². The molecule has 1 saturated heterocycles. The van der Waals surface area contributed by atoms with Gasteiger partial charge in [-0.3, -0.25) is 0 Å². The average molecular weight is 373 g/mol. The first-order valence-corrected chi connectivity index (χ1v) is 9.02. The van der Waals surface area contributed by atoms with Crippen LogP contribution in [0.3, 0.4) is 0 Å². The molecule has 8 nitrogen and oxygen atoms in total. The molecule has 2 aromatic rings. The van der Waals surface area contributed by atoms with Gasteiger partial charge in [-0.15, -0.1) is 0 Å². The number of hydrogen-bond donors (Lipinski definition) is 3. The van der Waals surface area contributed by atoms with Gasteiger partial charge in [-0.1, -0.05) is 0 Å². The maximum Gasteiger partial charge on any atom is 0.229 e. The molecular formula is C19H27N5O3. The van der Waals surface area contributed by atoms with Gasteiger partial charge in [0.15, 0.2) is 11.5 Å². The minimum Gasteiger partial charge on any atom is -0.493 e. The van der Waals surface area contributed by atoms with Crippen LogP contribution in [0.4, 0.5) is 17.5 Å². The fraction of sp³-hybridized carbons (Fsp3) is 0.474. The van der Waals surface area contributed by atoms with E-state index in [1.807, 2.05) is 18.2 Å². The van der Waals surface area contributed by atoms with Gasteiger partial charge in [0.25, 0.3) is 0 Å². The summed E-state index contributed by atoms with van der Waals surface area (Å²) in [6.45, 7) is 4.62. The maximum absolute atomic E-state index is 10.6. The molecule has 1 aliphatic rings. The van der Waals surface area contributed by atoms with Crippen LogP contribution >= 0.6 is 0 Å². The van der Waals surface area contributed by atoms with Crippen LogP contribution in [-0.4, -0.2) is 66.0 Å². The molecular weight excluding hydrogens is 346 g/mol. The van der Waals surface area contributed by atoms with Crippen molar-refractivity contribution >= 4 is 17.5 Å². The molecule has 0 spiro atoms. The number of aliphatic hydroxyl groups is 1. The Labute approximate surface area is 159 Å². The molecule has 3 N–H and O–H groups in total. The van der Waals surface area contributed by atoms with Crippen molar-refractivity contribution in [3.05, 3.63) is 30.5 Å². The molecule has 27 heavy (non-hydrogen) atoms. The van der Waals surface area contributed by atoms with E-state index in [9.17, 15) is 5.11 Å². The molecule has 0 unspecified atom stereocenters. The Morgan fingerprint density at radius 3 is 2.74 bits per heavy atom. The lowest BCUT2D eigenvalue weighted by Gasteiger charge is -2.36. The summed E-state index contributed by atoms with van der Waals surface area (Å²) in [6.07, 6.45) is 2.87. The van der Waals surface area contributed by atoms with E-state index in [1.165, 1.54) is 6.42 Å². The van der Waals surface area contributed by atoms with Crippen LogP contribution in [0.15, 0.2) is 30.5 Å². The second kappa shape index (κ2) is 8.41. The number of anilines is 3. The topological polar surface area (TPSA) is 91.8 Å². The van der Waals surface area contributed by atoms with Crippen molar-refractivity contribution in [2.75, 3.05) is 51.0 Å². The normalized spacial score (nSPS) is 16.1. The minimum atomic E-state index is -0.931. The van der Waals surface area contributed by atoms with E-state index in [2.05, 4.69) is 25.5 Å². The zero-order valence-corrected chi connectivity index (χ0v) is 16.0. The number of rotatable bonds is 9. The predicted octanol–water partition coefficient (Wildman–Crippen LogP) is 2.11. The third-order valence-corrected chi connectivity index (χ3v) is 4.38. The van der Waals surface area contributed by atoms with Gasteiger partial charge in [0.1, 0.15) is 18.0 Å². The van der Waals surface area contributed by atoms with Crippen LogP contribution in [0, 0.1) is 0 Å². The van der Waals surface area contributed by atoms with E-state index in [0.29, 0.717) is 24.0 Å². The lowest BCUT2D eigenvalue weighted by Crippen LogP contribution is -2.50. The third kappa shape index (κ3) is 5.21. The molecule has 0 bridgehead atoms. The summed E-state index contributed by atoms with van der Waals surface area (Å²) in [4.78, 5) is 10.8. The number of benzene rings is 1. The summed E-state index contributed by atoms with van der Waals surface area (Å²) in [5.74, 6) is 2.35. The first kappa shape index (κ1) is 19.2. The summed E-state index contributed by atoms with van der Waals surface area (Å²) in [5.41, 5.74) is -0.166. The van der Waals surface area contributed by atoms with Gasteiger partial charge in [0.05, 0.1) is 7.11 Å². The zero-order valence-electron chi connectivity index (χ0n) is 16.0. The summed E-state index contributed by atoms with van der Waals surface area (Å²) in [7, 11) is 3.39. The summed E-state index contributed by atoms with van der Waals surface area (Å²) >= 11 is 0. The Bertz CT molecular complexity index is 765. The Hall–Kier alpha value is -2.58. The van der Waals surface area contributed by atoms with Crippen molar-refractivity contribution in [2.45, 2.75) is 18.9 Å². The maximum atomic E-state index is 10.6. The SMILES string of the molecule is CNc1ccnc(Nc2ccc(OC)c(OC[C@@](C)(O)CN3CCC3)c2)n1. The zero-order chi connectivity index (χ0) is 19.3. The quantitative estimate of drug-likeness (QED) is 0.616. The van der Waals surface area contributed by atoms with Crippen LogP contribution in [-0.2, 0) is 0 Å². The first-order valence-electron chi connectivity index (χ1n) is 9.02. The molecule has 1 aliphatic heterocycles. The van der Waals surface area contributed by atoms with Crippen molar-refractivity contribution < 1.29 is 14.6 Å². The standard InChI is InChI=1S/C19H27N5O3/c1-19(25,12-24-9-4-10-24)13-27-16-11-14(5-6-15(16)26-3)22-18-21-8-7-17(20-2)23-18/h5-8,11,25H,4,9-10,12-13H2,1-3H3,(H2,20,21,22,23)/t19-/m0/s1. The molecule has 0 amide bonds. The number of methoxy groups -OCH3 is 1. The third-order valence-electron chi connectivity index (χ3n) is 4.38. The molecule has 1 atom stereocenters. The van der Waals surface area contributed by atoms with E-state index in [1.54, 1.807) is 33.3 Å². The van der Waals surface area contributed by atoms with Crippen molar-refractivity contribution in [1.82, 2.24) is 14.9 Å². The average Bonchev–Trinajstić information content (AvgIpc) is 2.64. The number of aromatic nitrogens is 2. The molecule has 146 valence electrons. The molecule has 1 aromatic heterocycles. The predicted molar refractivity (Wildman–Crippen MR) is 105 cm³/mol. The van der Waals surface area contributed by atoms with E-state index in [-0.39, 0.29) is 6.61 Å². The number of likely N-dealkylation sites (tertiary alicyclic amines) is 1. The first-order chi connectivity index (χ1) is 13.0. The highest BCUT2D eigenvalue weighted by atomic mass is 16.5. The smallest absolute Gasteiger partial charge is 0.229 e. The highest BCUT2D eigenvalue weighted by molar-refractivity contribution is 5.60. The number of nitrogens with zero attached hydrogens (tertiary/aromatic N) is 3. The Balaban J connectivity index is 1.69. The van der Waals surface area contributed by atoms with E-state index < -0.39 is 5.60 Å². The minimum absolute atomic E-state index is 0.176. The van der Waals surface area contributed by atoms with Gasteiger partial charge < -0.3 is 30.1 Å². The number of ether oxygens (including phenoxy) is 2. The molecule has 3 rings (SSSR count). The molecule has 0 saturated carbocycles. The van der Waals surface area contributed by atoms with Gasteiger partial charge >= 0.3 is 0 Å². The number of hydrogen-bond acceptors (Lipinski definition) is 8. The monoisotopic (exact) mass is 373 g/mol. The molecule has 0 aliphatic carbocycles. The highest BCUT2D eigenvalue weighted by Gasteiger charge is 2.28. The summed E-state index contributed by atoms with van der Waals surface area (Å²) < 4.78 is 11.3. The molecule has 8 heteroatoms. The van der Waals surface area contributed by atoms with Crippen LogP contribution < -0.4 is 20.1 Å². The van der Waals surface area contributed by atoms with E-state index in [0.717, 1.165) is 24.6 Å². The fourth-order valence-electron chi connectivity index (χ4n) is 2.85.